The largest absolute Gasteiger partial charge is 0.208 e. The standard InChI is InChI=1S/C46H31N3/c1-5-15-32(16-6-1)33-25-27-35(28-26-33)44-47-43(34-17-7-2-8-18-34)48-45(49-44)36-29-30-40-39-23-13-14-24-41(39)46(42(40)31-36,37-19-9-3-10-20-37)38-21-11-4-12-22-38/h1-31H/i1D,2D,5D,6D,7D,8D,15D,16D,17D,18D. The molecule has 0 aliphatic heterocycles. The average Bonchev–Trinajstić information content (AvgIpc) is 3.57. The molecule has 0 radical (unpaired) electrons. The summed E-state index contributed by atoms with van der Waals surface area (Å²) in [7, 11) is 0. The Bertz CT molecular complexity index is 2900. The highest BCUT2D eigenvalue weighted by Gasteiger charge is 2.46. The number of hydrogen-bond acceptors (Lipinski definition) is 3. The first kappa shape index (κ1) is 20.0. The first-order chi connectivity index (χ1) is 28.4. The van der Waals surface area contributed by atoms with Crippen LogP contribution in [0, 0.1) is 0 Å². The fourth-order valence-corrected chi connectivity index (χ4v) is 6.87. The van der Waals surface area contributed by atoms with E-state index in [4.69, 9.17) is 28.7 Å². The summed E-state index contributed by atoms with van der Waals surface area (Å²) in [5.41, 5.74) is 6.88. The van der Waals surface area contributed by atoms with Crippen LogP contribution in [0.5, 0.6) is 0 Å². The molecule has 0 N–H and O–H groups in total. The molecule has 1 heterocycles. The summed E-state index contributed by atoms with van der Waals surface area (Å²) in [6, 6.07) is 36.8. The maximum Gasteiger partial charge on any atom is 0.164 e. The summed E-state index contributed by atoms with van der Waals surface area (Å²) >= 11 is 0. The molecule has 1 aliphatic rings. The quantitative estimate of drug-likeness (QED) is 0.182. The minimum Gasteiger partial charge on any atom is -0.208 e. The van der Waals surface area contributed by atoms with Crippen LogP contribution in [0.25, 0.3) is 56.4 Å². The molecule has 8 aromatic rings. The van der Waals surface area contributed by atoms with E-state index in [0.29, 0.717) is 16.7 Å². The van der Waals surface area contributed by atoms with Crippen LogP contribution in [0.3, 0.4) is 0 Å². The van der Waals surface area contributed by atoms with Crippen LogP contribution in [0.2, 0.25) is 0 Å². The third-order valence-corrected chi connectivity index (χ3v) is 9.01. The van der Waals surface area contributed by atoms with Crippen molar-refractivity contribution in [3.05, 3.63) is 210 Å². The SMILES string of the molecule is [2H]c1c([2H])c([2H])c(-c2ccc(-c3nc(-c4ccc5c(c4)C(c4ccccc4)(c4ccccc4)c4ccccc4-5)nc(-c4c([2H])c([2H])c([2H])c([2H])c4[2H])n3)cc2)c([2H])c1[2H]. The van der Waals surface area contributed by atoms with Crippen molar-refractivity contribution in [1.82, 2.24) is 15.0 Å². The molecule has 3 nitrogen and oxygen atoms in total. The lowest BCUT2D eigenvalue weighted by Crippen LogP contribution is -2.28. The minimum atomic E-state index is -0.727. The van der Waals surface area contributed by atoms with Gasteiger partial charge in [0.2, 0.25) is 0 Å². The van der Waals surface area contributed by atoms with Gasteiger partial charge in [-0.25, -0.2) is 15.0 Å². The Hall–Kier alpha value is -6.45. The van der Waals surface area contributed by atoms with Gasteiger partial charge in [-0.3, -0.25) is 0 Å². The second-order valence-electron chi connectivity index (χ2n) is 11.7. The number of nitrogens with zero attached hydrogens (tertiary/aromatic N) is 3. The van der Waals surface area contributed by atoms with Crippen molar-refractivity contribution in [3.63, 3.8) is 0 Å². The Morgan fingerprint density at radius 3 is 1.47 bits per heavy atom. The number of benzene rings is 7. The van der Waals surface area contributed by atoms with Gasteiger partial charge in [0, 0.05) is 16.7 Å². The van der Waals surface area contributed by atoms with Crippen molar-refractivity contribution in [1.29, 1.82) is 0 Å². The predicted molar refractivity (Wildman–Crippen MR) is 199 cm³/mol. The van der Waals surface area contributed by atoms with Crippen molar-refractivity contribution >= 4 is 0 Å². The highest BCUT2D eigenvalue weighted by molar-refractivity contribution is 5.88. The number of hydrogen-bond donors (Lipinski definition) is 0. The highest BCUT2D eigenvalue weighted by atomic mass is 15.0. The maximum absolute atomic E-state index is 8.80. The lowest BCUT2D eigenvalue weighted by atomic mass is 9.67. The number of rotatable bonds is 6. The molecule has 9 rings (SSSR count). The van der Waals surface area contributed by atoms with Gasteiger partial charge in [-0.1, -0.05) is 182 Å². The zero-order valence-corrected chi connectivity index (χ0v) is 26.0. The van der Waals surface area contributed by atoms with Gasteiger partial charge >= 0.3 is 0 Å². The molecule has 230 valence electrons. The molecule has 0 amide bonds. The first-order valence-electron chi connectivity index (χ1n) is 20.8. The molecule has 3 heteroatoms. The van der Waals surface area contributed by atoms with E-state index in [9.17, 15) is 0 Å². The molecule has 0 bridgehead atoms. The maximum atomic E-state index is 8.80. The minimum absolute atomic E-state index is 0.0400. The summed E-state index contributed by atoms with van der Waals surface area (Å²) < 4.78 is 83.9. The van der Waals surface area contributed by atoms with Crippen molar-refractivity contribution in [3.8, 4) is 56.4 Å². The zero-order chi connectivity index (χ0) is 41.3. The van der Waals surface area contributed by atoms with E-state index in [2.05, 4.69) is 42.5 Å². The lowest BCUT2D eigenvalue weighted by Gasteiger charge is -2.34. The summed E-state index contributed by atoms with van der Waals surface area (Å²) in [5.74, 6) is 0.198. The Morgan fingerprint density at radius 2 is 0.837 bits per heavy atom. The average molecular weight is 636 g/mol. The third kappa shape index (κ3) is 4.87. The molecular formula is C46H31N3. The molecular weight excluding hydrogens is 595 g/mol. The topological polar surface area (TPSA) is 38.7 Å². The highest BCUT2D eigenvalue weighted by Crippen LogP contribution is 2.56. The van der Waals surface area contributed by atoms with E-state index in [1.807, 2.05) is 60.7 Å². The number of aromatic nitrogens is 3. The van der Waals surface area contributed by atoms with Crippen LogP contribution in [0.4, 0.5) is 0 Å². The van der Waals surface area contributed by atoms with Gasteiger partial charge in [-0.05, 0) is 50.6 Å². The van der Waals surface area contributed by atoms with Crippen LogP contribution < -0.4 is 0 Å². The van der Waals surface area contributed by atoms with Crippen LogP contribution in [-0.4, -0.2) is 15.0 Å². The number of fused-ring (bicyclic) bond motifs is 3. The fourth-order valence-electron chi connectivity index (χ4n) is 6.87. The summed E-state index contributed by atoms with van der Waals surface area (Å²) in [6.45, 7) is 0. The van der Waals surface area contributed by atoms with Crippen molar-refractivity contribution in [2.45, 2.75) is 5.41 Å². The van der Waals surface area contributed by atoms with Crippen molar-refractivity contribution in [2.75, 3.05) is 0 Å². The van der Waals surface area contributed by atoms with Crippen LogP contribution in [-0.2, 0) is 5.41 Å². The molecule has 0 fully saturated rings. The van der Waals surface area contributed by atoms with Gasteiger partial charge in [-0.15, -0.1) is 0 Å². The smallest absolute Gasteiger partial charge is 0.164 e. The van der Waals surface area contributed by atoms with Gasteiger partial charge in [0.15, 0.2) is 17.5 Å². The van der Waals surface area contributed by atoms with Crippen LogP contribution in [0.1, 0.15) is 36.0 Å². The molecule has 0 atom stereocenters. The van der Waals surface area contributed by atoms with E-state index < -0.39 is 53.8 Å². The Kier molecular flexibility index (Phi) is 4.89. The third-order valence-electron chi connectivity index (χ3n) is 9.01. The summed E-state index contributed by atoms with van der Waals surface area (Å²) in [5, 5.41) is 0. The molecule has 0 saturated carbocycles. The fraction of sp³-hybridized carbons (Fsp3) is 0.0217. The predicted octanol–water partition coefficient (Wildman–Crippen LogP) is 10.9. The Balaban J connectivity index is 1.28. The summed E-state index contributed by atoms with van der Waals surface area (Å²) in [6.07, 6.45) is 0. The first-order valence-corrected chi connectivity index (χ1v) is 15.8. The van der Waals surface area contributed by atoms with E-state index in [1.54, 1.807) is 24.3 Å². The Labute approximate surface area is 300 Å². The summed E-state index contributed by atoms with van der Waals surface area (Å²) in [4.78, 5) is 14.4. The van der Waals surface area contributed by atoms with Crippen molar-refractivity contribution < 1.29 is 13.7 Å². The van der Waals surface area contributed by atoms with Crippen LogP contribution in [0.15, 0.2) is 188 Å². The normalized spacial score (nSPS) is 15.5. The van der Waals surface area contributed by atoms with Gasteiger partial charge in [-0.2, -0.15) is 0 Å². The molecule has 0 spiro atoms. The molecule has 0 saturated heterocycles. The van der Waals surface area contributed by atoms with E-state index >= 15 is 0 Å². The van der Waals surface area contributed by atoms with E-state index in [1.165, 1.54) is 0 Å². The van der Waals surface area contributed by atoms with E-state index in [0.717, 1.165) is 33.4 Å². The van der Waals surface area contributed by atoms with Gasteiger partial charge < -0.3 is 0 Å². The zero-order valence-electron chi connectivity index (χ0n) is 36.0. The van der Waals surface area contributed by atoms with Gasteiger partial charge in [0.25, 0.3) is 0 Å². The monoisotopic (exact) mass is 635 g/mol. The molecule has 0 unspecified atom stereocenters. The molecule has 1 aromatic heterocycles. The lowest BCUT2D eigenvalue weighted by molar-refractivity contribution is 0.768. The van der Waals surface area contributed by atoms with E-state index in [-0.39, 0.29) is 40.7 Å². The van der Waals surface area contributed by atoms with Gasteiger partial charge in [0.05, 0.1) is 19.1 Å². The second kappa shape index (κ2) is 12.0. The Morgan fingerprint density at radius 1 is 0.367 bits per heavy atom. The molecule has 7 aromatic carbocycles. The van der Waals surface area contributed by atoms with Gasteiger partial charge in [0.1, 0.15) is 0 Å². The molecule has 49 heavy (non-hydrogen) atoms. The second-order valence-corrected chi connectivity index (χ2v) is 11.7. The molecule has 1 aliphatic carbocycles. The van der Waals surface area contributed by atoms with Crippen molar-refractivity contribution in [2.24, 2.45) is 0 Å². The van der Waals surface area contributed by atoms with Crippen LogP contribution >= 0.6 is 0 Å².